The van der Waals surface area contributed by atoms with Crippen LogP contribution in [-0.4, -0.2) is 54.7 Å². The second kappa shape index (κ2) is 12.9. The molecule has 2 N–H and O–H groups in total. The van der Waals surface area contributed by atoms with Crippen LogP contribution in [0.1, 0.15) is 31.9 Å². The molecule has 0 aromatic heterocycles. The van der Waals surface area contributed by atoms with Gasteiger partial charge in [-0.15, -0.1) is 0 Å². The Labute approximate surface area is 194 Å². The number of carbonyl (C=O) groups excluding carboxylic acids is 2. The van der Waals surface area contributed by atoms with Crippen molar-refractivity contribution in [2.24, 2.45) is 0 Å². The molecule has 180 valence electrons. The highest BCUT2D eigenvalue weighted by Gasteiger charge is 2.38. The molecule has 2 aromatic rings. The van der Waals surface area contributed by atoms with Crippen LogP contribution < -0.4 is 5.32 Å². The molecular weight excluding hydrogens is 426 g/mol. The Balaban J connectivity index is 2.26. The highest BCUT2D eigenvalue weighted by molar-refractivity contribution is 5.76. The number of rotatable bonds is 11. The summed E-state index contributed by atoms with van der Waals surface area (Å²) in [6.45, 7) is 4.90. The van der Waals surface area contributed by atoms with Crippen LogP contribution in [0.25, 0.3) is 0 Å². The van der Waals surface area contributed by atoms with Crippen molar-refractivity contribution in [3.05, 3.63) is 71.8 Å². The fraction of sp³-hybridized carbons (Fsp3) is 0.440. The summed E-state index contributed by atoms with van der Waals surface area (Å²) >= 11 is 0. The number of carbonyl (C=O) groups is 2. The molecule has 0 aliphatic carbocycles. The minimum Gasteiger partial charge on any atom is -0.467 e. The number of hydrogen-bond donors (Lipinski definition) is 2. The predicted octanol–water partition coefficient (Wildman–Crippen LogP) is 3.22. The van der Waals surface area contributed by atoms with E-state index in [2.05, 4.69) is 5.32 Å². The van der Waals surface area contributed by atoms with Gasteiger partial charge in [0, 0.05) is 0 Å². The molecule has 0 fully saturated rings. The molecule has 8 heteroatoms. The minimum atomic E-state index is -1.22. The van der Waals surface area contributed by atoms with E-state index in [1.54, 1.807) is 20.8 Å². The molecular formula is C25H33NO7. The maximum absolute atomic E-state index is 12.7. The van der Waals surface area contributed by atoms with Gasteiger partial charge < -0.3 is 29.4 Å². The second-order valence-electron chi connectivity index (χ2n) is 8.44. The SMILES string of the molecule is COC(=O)[C@@H](OCc1ccccc1)[C@@H](OCc1ccccc1)[C@H](CO)NC(=O)OC(C)(C)C. The lowest BCUT2D eigenvalue weighted by Crippen LogP contribution is -2.55. The van der Waals surface area contributed by atoms with Gasteiger partial charge in [-0.05, 0) is 31.9 Å². The predicted molar refractivity (Wildman–Crippen MR) is 122 cm³/mol. The van der Waals surface area contributed by atoms with Crippen LogP contribution in [0.2, 0.25) is 0 Å². The van der Waals surface area contributed by atoms with Crippen molar-refractivity contribution in [1.82, 2.24) is 5.32 Å². The highest BCUT2D eigenvalue weighted by Crippen LogP contribution is 2.17. The number of esters is 1. The van der Waals surface area contributed by atoms with Crippen molar-refractivity contribution in [2.75, 3.05) is 13.7 Å². The largest absolute Gasteiger partial charge is 0.467 e. The minimum absolute atomic E-state index is 0.108. The van der Waals surface area contributed by atoms with E-state index in [9.17, 15) is 14.7 Å². The Morgan fingerprint density at radius 3 is 1.88 bits per heavy atom. The standard InChI is InChI=1S/C25H33NO7/c1-25(2,3)33-24(29)26-20(15-27)21(31-16-18-11-7-5-8-12-18)22(23(28)30-4)32-17-19-13-9-6-10-14-19/h5-14,20-22,27H,15-17H2,1-4H3,(H,26,29)/t20-,21-,22-/m0/s1. The molecule has 0 heterocycles. The maximum atomic E-state index is 12.7. The first-order valence-electron chi connectivity index (χ1n) is 10.7. The van der Waals surface area contributed by atoms with Crippen molar-refractivity contribution in [2.45, 2.75) is 57.8 Å². The van der Waals surface area contributed by atoms with E-state index in [-0.39, 0.29) is 13.2 Å². The van der Waals surface area contributed by atoms with Crippen LogP contribution in [-0.2, 0) is 37.0 Å². The Bertz CT molecular complexity index is 852. The summed E-state index contributed by atoms with van der Waals surface area (Å²) in [5, 5.41) is 12.7. The van der Waals surface area contributed by atoms with Crippen LogP contribution in [0.15, 0.2) is 60.7 Å². The van der Waals surface area contributed by atoms with Crippen LogP contribution in [0.3, 0.4) is 0 Å². The Hall–Kier alpha value is -2.94. The Morgan fingerprint density at radius 1 is 0.909 bits per heavy atom. The molecule has 0 spiro atoms. The van der Waals surface area contributed by atoms with E-state index in [0.29, 0.717) is 0 Å². The van der Waals surface area contributed by atoms with E-state index in [4.69, 9.17) is 18.9 Å². The lowest BCUT2D eigenvalue weighted by molar-refractivity contribution is -0.171. The lowest BCUT2D eigenvalue weighted by atomic mass is 10.1. The number of nitrogens with one attached hydrogen (secondary N) is 1. The number of ether oxygens (including phenoxy) is 4. The number of alkyl carbamates (subject to hydrolysis) is 1. The van der Waals surface area contributed by atoms with Gasteiger partial charge in [-0.2, -0.15) is 0 Å². The molecule has 0 aliphatic heterocycles. The highest BCUT2D eigenvalue weighted by atomic mass is 16.6. The molecule has 0 radical (unpaired) electrons. The monoisotopic (exact) mass is 459 g/mol. The van der Waals surface area contributed by atoms with Gasteiger partial charge >= 0.3 is 12.1 Å². The van der Waals surface area contributed by atoms with Gasteiger partial charge in [0.15, 0.2) is 6.10 Å². The quantitative estimate of drug-likeness (QED) is 0.497. The van der Waals surface area contributed by atoms with E-state index in [1.807, 2.05) is 60.7 Å². The van der Waals surface area contributed by atoms with Crippen molar-refractivity contribution in [3.63, 3.8) is 0 Å². The molecule has 2 rings (SSSR count). The Kier molecular flexibility index (Phi) is 10.3. The van der Waals surface area contributed by atoms with Crippen LogP contribution >= 0.6 is 0 Å². The first-order chi connectivity index (χ1) is 15.7. The first kappa shape index (κ1) is 26.3. The summed E-state index contributed by atoms with van der Waals surface area (Å²) in [7, 11) is 1.24. The zero-order valence-electron chi connectivity index (χ0n) is 19.5. The molecule has 33 heavy (non-hydrogen) atoms. The van der Waals surface area contributed by atoms with Gasteiger partial charge in [-0.1, -0.05) is 60.7 Å². The van der Waals surface area contributed by atoms with Gasteiger partial charge in [0.2, 0.25) is 0 Å². The number of hydrogen-bond acceptors (Lipinski definition) is 7. The molecule has 2 aromatic carbocycles. The van der Waals surface area contributed by atoms with Crippen LogP contribution in [0.4, 0.5) is 4.79 Å². The molecule has 0 aliphatic rings. The second-order valence-corrected chi connectivity index (χ2v) is 8.44. The summed E-state index contributed by atoms with van der Waals surface area (Å²) in [5.41, 5.74) is 0.952. The molecule has 0 saturated heterocycles. The molecule has 8 nitrogen and oxygen atoms in total. The van der Waals surface area contributed by atoms with Gasteiger partial charge in [-0.25, -0.2) is 9.59 Å². The van der Waals surface area contributed by atoms with Crippen LogP contribution in [0.5, 0.6) is 0 Å². The molecule has 0 bridgehead atoms. The Morgan fingerprint density at radius 2 is 1.42 bits per heavy atom. The number of amides is 1. The number of aliphatic hydroxyl groups is 1. The summed E-state index contributed by atoms with van der Waals surface area (Å²) in [5.74, 6) is -0.687. The fourth-order valence-electron chi connectivity index (χ4n) is 3.05. The third kappa shape index (κ3) is 9.21. The summed E-state index contributed by atoms with van der Waals surface area (Å²) in [6.07, 6.45) is -3.02. The third-order valence-electron chi connectivity index (χ3n) is 4.58. The average Bonchev–Trinajstić information content (AvgIpc) is 2.79. The average molecular weight is 460 g/mol. The molecule has 3 atom stereocenters. The normalized spacial score (nSPS) is 14.1. The smallest absolute Gasteiger partial charge is 0.408 e. The van der Waals surface area contributed by atoms with E-state index < -0.39 is 42.5 Å². The fourth-order valence-corrected chi connectivity index (χ4v) is 3.05. The lowest BCUT2D eigenvalue weighted by Gasteiger charge is -2.32. The number of aliphatic hydroxyl groups excluding tert-OH is 1. The van der Waals surface area contributed by atoms with Crippen molar-refractivity contribution in [1.29, 1.82) is 0 Å². The molecule has 1 amide bonds. The summed E-state index contributed by atoms with van der Waals surface area (Å²) < 4.78 is 22.2. The first-order valence-corrected chi connectivity index (χ1v) is 10.7. The van der Waals surface area contributed by atoms with Crippen molar-refractivity contribution in [3.8, 4) is 0 Å². The third-order valence-corrected chi connectivity index (χ3v) is 4.58. The van der Waals surface area contributed by atoms with Gasteiger partial charge in [0.05, 0.1) is 33.0 Å². The topological polar surface area (TPSA) is 103 Å². The molecule has 0 saturated carbocycles. The van der Waals surface area contributed by atoms with Gasteiger partial charge in [-0.3, -0.25) is 0 Å². The van der Waals surface area contributed by atoms with Gasteiger partial charge in [0.1, 0.15) is 11.7 Å². The maximum Gasteiger partial charge on any atom is 0.408 e. The summed E-state index contributed by atoms with van der Waals surface area (Å²) in [4.78, 5) is 25.1. The molecule has 0 unspecified atom stereocenters. The van der Waals surface area contributed by atoms with E-state index in [1.165, 1.54) is 7.11 Å². The van der Waals surface area contributed by atoms with Gasteiger partial charge in [0.25, 0.3) is 0 Å². The van der Waals surface area contributed by atoms with E-state index in [0.717, 1.165) is 11.1 Å². The number of benzene rings is 2. The van der Waals surface area contributed by atoms with E-state index >= 15 is 0 Å². The zero-order valence-corrected chi connectivity index (χ0v) is 19.5. The van der Waals surface area contributed by atoms with Crippen molar-refractivity contribution >= 4 is 12.1 Å². The van der Waals surface area contributed by atoms with Crippen molar-refractivity contribution < 1.29 is 33.6 Å². The van der Waals surface area contributed by atoms with Crippen LogP contribution in [0, 0.1) is 0 Å². The summed E-state index contributed by atoms with van der Waals surface area (Å²) in [6, 6.07) is 17.6. The number of methoxy groups -OCH3 is 1. The zero-order chi connectivity index (χ0) is 24.3.